The number of imidazole rings is 1. The van der Waals surface area contributed by atoms with Crippen LogP contribution in [-0.2, 0) is 7.05 Å². The van der Waals surface area contributed by atoms with Crippen molar-refractivity contribution in [3.63, 3.8) is 0 Å². The number of fused-ring (bicyclic) bond motifs is 2. The van der Waals surface area contributed by atoms with Crippen molar-refractivity contribution in [3.05, 3.63) is 60.6 Å². The van der Waals surface area contributed by atoms with Gasteiger partial charge in [-0.2, -0.15) is 0 Å². The van der Waals surface area contributed by atoms with Crippen LogP contribution in [0, 0.1) is 12.7 Å². The van der Waals surface area contributed by atoms with Crippen molar-refractivity contribution in [2.45, 2.75) is 25.9 Å². The van der Waals surface area contributed by atoms with Gasteiger partial charge in [-0.3, -0.25) is 0 Å². The third-order valence-corrected chi connectivity index (χ3v) is 6.56. The van der Waals surface area contributed by atoms with E-state index in [0.29, 0.717) is 46.4 Å². The molecular weight excluding hydrogens is 475 g/mol. The fourth-order valence-electron chi connectivity index (χ4n) is 4.53. The van der Waals surface area contributed by atoms with Crippen molar-refractivity contribution in [2.24, 2.45) is 7.05 Å². The Balaban J connectivity index is 1.28. The van der Waals surface area contributed by atoms with Gasteiger partial charge in [0.05, 0.1) is 35.3 Å². The molecule has 4 heterocycles. The molecule has 2 aromatic carbocycles. The Morgan fingerprint density at radius 3 is 2.86 bits per heavy atom. The lowest BCUT2D eigenvalue weighted by atomic mass is 10.1. The summed E-state index contributed by atoms with van der Waals surface area (Å²) < 4.78 is 23.4. The van der Waals surface area contributed by atoms with Gasteiger partial charge >= 0.3 is 0 Å². The predicted octanol–water partition coefficient (Wildman–Crippen LogP) is 4.25. The summed E-state index contributed by atoms with van der Waals surface area (Å²) in [5, 5.41) is 13.1. The third kappa shape index (κ3) is 4.38. The summed E-state index contributed by atoms with van der Waals surface area (Å²) in [6.45, 7) is 2.88. The van der Waals surface area contributed by atoms with Crippen LogP contribution in [0.2, 0.25) is 0 Å². The van der Waals surface area contributed by atoms with E-state index in [1.165, 1.54) is 6.33 Å². The molecule has 0 saturated carbocycles. The minimum atomic E-state index is -0.461. The maximum Gasteiger partial charge on any atom is 0.226 e. The van der Waals surface area contributed by atoms with E-state index in [2.05, 4.69) is 30.2 Å². The SMILES string of the molecule is Cc1c(Oc2ccc3c(c2)ncn3C)ccc(Nc2ncnc3cnc(N4CCCC(O)C4)nc23)c1F. The summed E-state index contributed by atoms with van der Waals surface area (Å²) in [6, 6.07) is 8.89. The third-order valence-electron chi connectivity index (χ3n) is 6.56. The number of β-amino-alcohol motifs (C(OH)–C–C–N with tert-alkyl or cyclic N) is 1. The van der Waals surface area contributed by atoms with Crippen LogP contribution in [0.4, 0.5) is 21.8 Å². The maximum atomic E-state index is 15.4. The number of halogens is 1. The first-order valence-corrected chi connectivity index (χ1v) is 12.0. The van der Waals surface area contributed by atoms with Gasteiger partial charge in [-0.1, -0.05) is 0 Å². The molecule has 1 atom stereocenters. The fraction of sp³-hybridized carbons (Fsp3) is 0.269. The van der Waals surface area contributed by atoms with Crippen molar-refractivity contribution in [1.29, 1.82) is 0 Å². The van der Waals surface area contributed by atoms with E-state index in [1.54, 1.807) is 31.6 Å². The van der Waals surface area contributed by atoms with E-state index in [-0.39, 0.29) is 5.69 Å². The summed E-state index contributed by atoms with van der Waals surface area (Å²) in [7, 11) is 1.92. The van der Waals surface area contributed by atoms with E-state index in [1.807, 2.05) is 34.7 Å². The molecule has 1 saturated heterocycles. The van der Waals surface area contributed by atoms with Crippen LogP contribution in [-0.4, -0.2) is 53.8 Å². The van der Waals surface area contributed by atoms with Crippen molar-refractivity contribution >= 4 is 39.5 Å². The van der Waals surface area contributed by atoms with Crippen LogP contribution >= 0.6 is 0 Å². The van der Waals surface area contributed by atoms with Crippen LogP contribution in [0.25, 0.3) is 22.1 Å². The highest BCUT2D eigenvalue weighted by molar-refractivity contribution is 5.87. The van der Waals surface area contributed by atoms with E-state index >= 15 is 4.39 Å². The largest absolute Gasteiger partial charge is 0.457 e. The quantitative estimate of drug-likeness (QED) is 0.365. The molecule has 1 fully saturated rings. The number of aliphatic hydroxyl groups is 1. The molecule has 0 spiro atoms. The van der Waals surface area contributed by atoms with Gasteiger partial charge in [0, 0.05) is 31.8 Å². The molecule has 0 bridgehead atoms. The zero-order chi connectivity index (χ0) is 25.5. The topological polar surface area (TPSA) is 114 Å². The van der Waals surface area contributed by atoms with E-state index in [4.69, 9.17) is 4.74 Å². The number of aromatic nitrogens is 6. The van der Waals surface area contributed by atoms with Gasteiger partial charge in [-0.25, -0.2) is 29.3 Å². The molecule has 10 nitrogen and oxygen atoms in total. The van der Waals surface area contributed by atoms with Crippen molar-refractivity contribution < 1.29 is 14.2 Å². The Morgan fingerprint density at radius 2 is 2.00 bits per heavy atom. The number of aryl methyl sites for hydroxylation is 1. The predicted molar refractivity (Wildman–Crippen MR) is 138 cm³/mol. The number of anilines is 3. The van der Waals surface area contributed by atoms with Crippen LogP contribution in [0.1, 0.15) is 18.4 Å². The summed E-state index contributed by atoms with van der Waals surface area (Å²) in [5.41, 5.74) is 3.36. The maximum absolute atomic E-state index is 15.4. The molecule has 1 aliphatic heterocycles. The lowest BCUT2D eigenvalue weighted by molar-refractivity contribution is 0.153. The highest BCUT2D eigenvalue weighted by Crippen LogP contribution is 2.33. The first kappa shape index (κ1) is 23.0. The number of piperidine rings is 1. The standard InChI is InChI=1S/C26H25FN8O2/c1-15-22(37-17-5-7-21-19(10-17)31-14-34(21)2)8-6-18(23(15)27)32-25-24-20(29-13-30-25)11-28-26(33-24)35-9-3-4-16(36)12-35/h5-8,10-11,13-14,16,36H,3-4,9,12H2,1-2H3,(H,29,30,32). The molecule has 188 valence electrons. The zero-order valence-corrected chi connectivity index (χ0v) is 20.4. The monoisotopic (exact) mass is 500 g/mol. The van der Waals surface area contributed by atoms with Crippen molar-refractivity contribution in [1.82, 2.24) is 29.5 Å². The number of benzene rings is 2. The van der Waals surface area contributed by atoms with Crippen LogP contribution in [0.15, 0.2) is 49.2 Å². The molecule has 1 aliphatic rings. The molecule has 11 heteroatoms. The number of aliphatic hydroxyl groups excluding tert-OH is 1. The Kier molecular flexibility index (Phi) is 5.76. The van der Waals surface area contributed by atoms with E-state index in [0.717, 1.165) is 30.4 Å². The van der Waals surface area contributed by atoms with Gasteiger partial charge in [0.2, 0.25) is 5.95 Å². The Hall–Kier alpha value is -4.38. The van der Waals surface area contributed by atoms with Crippen molar-refractivity contribution in [2.75, 3.05) is 23.3 Å². The normalized spacial score (nSPS) is 15.9. The first-order valence-electron chi connectivity index (χ1n) is 12.0. The second-order valence-electron chi connectivity index (χ2n) is 9.15. The minimum absolute atomic E-state index is 0.235. The van der Waals surface area contributed by atoms with Crippen LogP contribution in [0.3, 0.4) is 0 Å². The smallest absolute Gasteiger partial charge is 0.226 e. The number of nitrogens with zero attached hydrogens (tertiary/aromatic N) is 7. The van der Waals surface area contributed by atoms with Gasteiger partial charge < -0.3 is 24.6 Å². The highest BCUT2D eigenvalue weighted by atomic mass is 19.1. The second kappa shape index (κ2) is 9.25. The highest BCUT2D eigenvalue weighted by Gasteiger charge is 2.21. The molecule has 37 heavy (non-hydrogen) atoms. The first-order chi connectivity index (χ1) is 18.0. The zero-order valence-electron chi connectivity index (χ0n) is 20.4. The van der Waals surface area contributed by atoms with Gasteiger partial charge in [0.25, 0.3) is 0 Å². The summed E-state index contributed by atoms with van der Waals surface area (Å²) in [5.74, 6) is 1.35. The van der Waals surface area contributed by atoms with E-state index < -0.39 is 11.9 Å². The molecule has 3 aromatic heterocycles. The minimum Gasteiger partial charge on any atom is -0.457 e. The molecule has 0 amide bonds. The lowest BCUT2D eigenvalue weighted by Gasteiger charge is -2.30. The molecule has 0 aliphatic carbocycles. The number of hydrogen-bond donors (Lipinski definition) is 2. The van der Waals surface area contributed by atoms with Gasteiger partial charge in [0.15, 0.2) is 11.6 Å². The average Bonchev–Trinajstić information content (AvgIpc) is 3.28. The van der Waals surface area contributed by atoms with Crippen LogP contribution in [0.5, 0.6) is 11.5 Å². The molecule has 1 unspecified atom stereocenters. The fourth-order valence-corrected chi connectivity index (χ4v) is 4.53. The summed E-state index contributed by atoms with van der Waals surface area (Å²) in [4.78, 5) is 23.9. The number of rotatable bonds is 5. The van der Waals surface area contributed by atoms with Gasteiger partial charge in [-0.15, -0.1) is 0 Å². The summed E-state index contributed by atoms with van der Waals surface area (Å²) >= 11 is 0. The van der Waals surface area contributed by atoms with Gasteiger partial charge in [-0.05, 0) is 44.0 Å². The van der Waals surface area contributed by atoms with Gasteiger partial charge in [0.1, 0.15) is 28.9 Å². The average molecular weight is 501 g/mol. The Labute approximate surface area is 211 Å². The molecule has 2 N–H and O–H groups in total. The lowest BCUT2D eigenvalue weighted by Crippen LogP contribution is -2.39. The Bertz CT molecular complexity index is 1620. The molecule has 5 aromatic rings. The molecule has 6 rings (SSSR count). The Morgan fingerprint density at radius 1 is 1.11 bits per heavy atom. The van der Waals surface area contributed by atoms with Crippen LogP contribution < -0.4 is 15.0 Å². The van der Waals surface area contributed by atoms with Crippen molar-refractivity contribution in [3.8, 4) is 11.5 Å². The van der Waals surface area contributed by atoms with E-state index in [9.17, 15) is 5.11 Å². The number of ether oxygens (including phenoxy) is 1. The number of hydrogen-bond acceptors (Lipinski definition) is 9. The summed E-state index contributed by atoms with van der Waals surface area (Å²) in [6.07, 6.45) is 5.93. The molecule has 0 radical (unpaired) electrons. The second-order valence-corrected chi connectivity index (χ2v) is 9.15. The molecular formula is C26H25FN8O2. The number of nitrogens with one attached hydrogen (secondary N) is 1.